The number of carboxylic acids is 1. The molecule has 2 aromatic rings. The van der Waals surface area contributed by atoms with Crippen molar-refractivity contribution in [2.75, 3.05) is 0 Å². The summed E-state index contributed by atoms with van der Waals surface area (Å²) in [5.41, 5.74) is 1.56. The summed E-state index contributed by atoms with van der Waals surface area (Å²) in [6.45, 7) is 0. The second-order valence-electron chi connectivity index (χ2n) is 4.84. The van der Waals surface area contributed by atoms with E-state index in [2.05, 4.69) is 10.3 Å². The molecule has 102 valence electrons. The minimum Gasteiger partial charge on any atom is -0.478 e. The first-order valence-corrected chi connectivity index (χ1v) is 6.24. The lowest BCUT2D eigenvalue weighted by Crippen LogP contribution is -2.39. The fraction of sp³-hybridized carbons (Fsp3) is 0.214. The van der Waals surface area contributed by atoms with E-state index in [1.165, 1.54) is 12.1 Å². The molecule has 1 atom stereocenters. The van der Waals surface area contributed by atoms with Gasteiger partial charge in [-0.25, -0.2) is 4.79 Å². The Morgan fingerprint density at radius 2 is 2.05 bits per heavy atom. The average Bonchev–Trinajstić information content (AvgIpc) is 2.80. The Morgan fingerprint density at radius 3 is 2.75 bits per heavy atom. The zero-order valence-corrected chi connectivity index (χ0v) is 10.5. The van der Waals surface area contributed by atoms with Gasteiger partial charge in [0.25, 0.3) is 0 Å². The Kier molecular flexibility index (Phi) is 2.78. The largest absolute Gasteiger partial charge is 0.478 e. The lowest BCUT2D eigenvalue weighted by molar-refractivity contribution is -0.134. The van der Waals surface area contributed by atoms with Crippen LogP contribution in [0, 0.1) is 0 Å². The highest BCUT2D eigenvalue weighted by Gasteiger charge is 2.29. The van der Waals surface area contributed by atoms with Crippen LogP contribution in [0.4, 0.5) is 0 Å². The van der Waals surface area contributed by atoms with Crippen LogP contribution in [0.25, 0.3) is 10.9 Å². The number of aromatic amines is 1. The molecule has 1 aromatic heterocycles. The van der Waals surface area contributed by atoms with Gasteiger partial charge in [-0.3, -0.25) is 14.9 Å². The van der Waals surface area contributed by atoms with Crippen molar-refractivity contribution in [3.8, 4) is 0 Å². The molecule has 3 N–H and O–H groups in total. The average molecular weight is 272 g/mol. The normalized spacial score (nSPS) is 19.1. The molecule has 1 saturated heterocycles. The predicted octanol–water partition coefficient (Wildman–Crippen LogP) is 1.39. The number of H-pyrrole nitrogens is 1. The predicted molar refractivity (Wildman–Crippen MR) is 70.4 cm³/mol. The third-order valence-corrected chi connectivity index (χ3v) is 3.50. The molecule has 1 aliphatic rings. The van der Waals surface area contributed by atoms with Crippen LogP contribution in [0.1, 0.15) is 34.8 Å². The van der Waals surface area contributed by atoms with Gasteiger partial charge >= 0.3 is 5.97 Å². The number of aromatic nitrogens is 1. The Labute approximate surface area is 113 Å². The number of imide groups is 1. The number of rotatable bonds is 2. The van der Waals surface area contributed by atoms with Crippen LogP contribution >= 0.6 is 0 Å². The second kappa shape index (κ2) is 4.48. The summed E-state index contributed by atoms with van der Waals surface area (Å²) in [5, 5.41) is 12.1. The first-order chi connectivity index (χ1) is 9.54. The van der Waals surface area contributed by atoms with Crippen molar-refractivity contribution >= 4 is 28.7 Å². The summed E-state index contributed by atoms with van der Waals surface area (Å²) in [7, 11) is 0. The van der Waals surface area contributed by atoms with Gasteiger partial charge in [-0.2, -0.15) is 0 Å². The maximum absolute atomic E-state index is 11.8. The van der Waals surface area contributed by atoms with E-state index >= 15 is 0 Å². The number of benzene rings is 1. The lowest BCUT2D eigenvalue weighted by atomic mass is 9.95. The second-order valence-corrected chi connectivity index (χ2v) is 4.84. The van der Waals surface area contributed by atoms with Gasteiger partial charge in [0.15, 0.2) is 0 Å². The van der Waals surface area contributed by atoms with Crippen molar-refractivity contribution in [1.82, 2.24) is 10.3 Å². The third kappa shape index (κ3) is 2.05. The van der Waals surface area contributed by atoms with Gasteiger partial charge in [-0.05, 0) is 30.0 Å². The number of piperidine rings is 1. The van der Waals surface area contributed by atoms with Crippen molar-refractivity contribution in [2.24, 2.45) is 0 Å². The first-order valence-electron chi connectivity index (χ1n) is 6.24. The zero-order chi connectivity index (χ0) is 14.3. The number of carbonyl (C=O) groups excluding carboxylic acids is 2. The van der Waals surface area contributed by atoms with Crippen LogP contribution in [0.3, 0.4) is 0 Å². The summed E-state index contributed by atoms with van der Waals surface area (Å²) < 4.78 is 0. The quantitative estimate of drug-likeness (QED) is 0.719. The van der Waals surface area contributed by atoms with E-state index in [0.717, 1.165) is 5.39 Å². The van der Waals surface area contributed by atoms with Gasteiger partial charge < -0.3 is 10.1 Å². The third-order valence-electron chi connectivity index (χ3n) is 3.50. The minimum absolute atomic E-state index is 0.189. The van der Waals surface area contributed by atoms with Crippen molar-refractivity contribution in [3.05, 3.63) is 35.5 Å². The topological polar surface area (TPSA) is 99.3 Å². The van der Waals surface area contributed by atoms with Crippen molar-refractivity contribution < 1.29 is 19.5 Å². The molecule has 1 fully saturated rings. The van der Waals surface area contributed by atoms with Gasteiger partial charge in [0.1, 0.15) is 0 Å². The number of hydrogen-bond acceptors (Lipinski definition) is 3. The van der Waals surface area contributed by atoms with E-state index in [1.54, 1.807) is 6.07 Å². The molecular weight excluding hydrogens is 260 g/mol. The van der Waals surface area contributed by atoms with Crippen LogP contribution in [-0.2, 0) is 9.59 Å². The van der Waals surface area contributed by atoms with Crippen LogP contribution in [-0.4, -0.2) is 27.9 Å². The van der Waals surface area contributed by atoms with Crippen molar-refractivity contribution in [3.63, 3.8) is 0 Å². The monoisotopic (exact) mass is 272 g/mol. The number of aromatic carboxylic acids is 1. The Hall–Kier alpha value is -2.63. The first kappa shape index (κ1) is 12.4. The van der Waals surface area contributed by atoms with Crippen LogP contribution in [0.5, 0.6) is 0 Å². The fourth-order valence-corrected chi connectivity index (χ4v) is 2.46. The van der Waals surface area contributed by atoms with Gasteiger partial charge in [-0.1, -0.05) is 6.07 Å². The van der Waals surface area contributed by atoms with E-state index in [9.17, 15) is 14.4 Å². The van der Waals surface area contributed by atoms with Gasteiger partial charge in [0.2, 0.25) is 11.8 Å². The molecule has 6 heteroatoms. The molecule has 2 heterocycles. The Bertz CT molecular complexity index is 732. The van der Waals surface area contributed by atoms with E-state index in [4.69, 9.17) is 5.11 Å². The number of nitrogens with one attached hydrogen (secondary N) is 2. The highest BCUT2D eigenvalue weighted by atomic mass is 16.4. The standard InChI is InChI=1S/C14H12N2O4/c17-12-4-3-9(13(18)16-12)11-5-7-1-2-8(14(19)20)6-10(7)15-11/h1-2,5-6,9,15H,3-4H2,(H,19,20)(H,16,17,18). The molecule has 1 aromatic carbocycles. The van der Waals surface area contributed by atoms with Crippen molar-refractivity contribution in [2.45, 2.75) is 18.8 Å². The summed E-state index contributed by atoms with van der Waals surface area (Å²) in [6, 6.07) is 6.57. The van der Waals surface area contributed by atoms with Gasteiger partial charge in [0.05, 0.1) is 11.5 Å². The molecule has 0 saturated carbocycles. The molecule has 1 aliphatic heterocycles. The maximum atomic E-state index is 11.8. The number of carbonyl (C=O) groups is 3. The molecule has 0 aliphatic carbocycles. The molecular formula is C14H12N2O4. The molecule has 6 nitrogen and oxygen atoms in total. The zero-order valence-electron chi connectivity index (χ0n) is 10.5. The lowest BCUT2D eigenvalue weighted by Gasteiger charge is -2.19. The van der Waals surface area contributed by atoms with Gasteiger partial charge in [-0.15, -0.1) is 0 Å². The van der Waals surface area contributed by atoms with Crippen LogP contribution in [0.2, 0.25) is 0 Å². The SMILES string of the molecule is O=C1CCC(c2cc3ccc(C(=O)O)cc3[nH]2)C(=O)N1. The number of fused-ring (bicyclic) bond motifs is 1. The minimum atomic E-state index is -0.996. The highest BCUT2D eigenvalue weighted by molar-refractivity contribution is 6.01. The van der Waals surface area contributed by atoms with Gasteiger partial charge in [0, 0.05) is 17.6 Å². The van der Waals surface area contributed by atoms with E-state index in [1.807, 2.05) is 6.07 Å². The summed E-state index contributed by atoms with van der Waals surface area (Å²) in [4.78, 5) is 36.9. The number of carboxylic acid groups (broad SMARTS) is 1. The number of hydrogen-bond donors (Lipinski definition) is 3. The number of amides is 2. The van der Waals surface area contributed by atoms with Crippen LogP contribution in [0.15, 0.2) is 24.3 Å². The molecule has 0 radical (unpaired) electrons. The summed E-state index contributed by atoms with van der Waals surface area (Å²) in [5.74, 6) is -1.96. The summed E-state index contributed by atoms with van der Waals surface area (Å²) in [6.07, 6.45) is 0.773. The van der Waals surface area contributed by atoms with Crippen LogP contribution < -0.4 is 5.32 Å². The van der Waals surface area contributed by atoms with E-state index < -0.39 is 11.9 Å². The maximum Gasteiger partial charge on any atom is 0.335 e. The highest BCUT2D eigenvalue weighted by Crippen LogP contribution is 2.27. The molecule has 2 amide bonds. The molecule has 0 spiro atoms. The Morgan fingerprint density at radius 1 is 1.25 bits per heavy atom. The summed E-state index contributed by atoms with van der Waals surface area (Å²) >= 11 is 0. The molecule has 3 rings (SSSR count). The smallest absolute Gasteiger partial charge is 0.335 e. The Balaban J connectivity index is 1.98. The van der Waals surface area contributed by atoms with E-state index in [0.29, 0.717) is 24.1 Å². The fourth-order valence-electron chi connectivity index (χ4n) is 2.46. The molecule has 20 heavy (non-hydrogen) atoms. The van der Waals surface area contributed by atoms with Crippen molar-refractivity contribution in [1.29, 1.82) is 0 Å². The molecule has 0 bridgehead atoms. The molecule has 1 unspecified atom stereocenters. The van der Waals surface area contributed by atoms with E-state index in [-0.39, 0.29) is 17.4 Å².